The van der Waals surface area contributed by atoms with Gasteiger partial charge >= 0.3 is 6.09 Å². The van der Waals surface area contributed by atoms with Crippen LogP contribution < -0.4 is 5.32 Å². The van der Waals surface area contributed by atoms with Gasteiger partial charge in [0.05, 0.1) is 7.11 Å². The number of nitrogens with one attached hydrogen (secondary N) is 1. The fraction of sp³-hybridized carbons (Fsp3) is 0.714. The molecular weight excluding hydrogens is 176 g/mol. The number of carbonyl (C=O) groups is 2. The second-order valence-electron chi connectivity index (χ2n) is 2.63. The van der Waals surface area contributed by atoms with E-state index in [1.807, 2.05) is 0 Å². The molecule has 0 heterocycles. The van der Waals surface area contributed by atoms with Crippen LogP contribution in [0.3, 0.4) is 0 Å². The van der Waals surface area contributed by atoms with E-state index in [9.17, 15) is 9.59 Å². The molecule has 0 saturated carbocycles. The molecule has 0 spiro atoms. The first-order chi connectivity index (χ1) is 5.97. The summed E-state index contributed by atoms with van der Waals surface area (Å²) in [5.41, 5.74) is 0. The highest BCUT2D eigenvalue weighted by Crippen LogP contribution is 1.96. The topological polar surface area (TPSA) is 78.9 Å². The van der Waals surface area contributed by atoms with Gasteiger partial charge in [0, 0.05) is 19.5 Å². The van der Waals surface area contributed by atoms with E-state index in [0.29, 0.717) is 0 Å². The predicted molar refractivity (Wildman–Crippen MR) is 45.0 cm³/mol. The van der Waals surface area contributed by atoms with Crippen LogP contribution in [-0.2, 0) is 9.63 Å². The Bertz CT molecular complexity index is 195. The van der Waals surface area contributed by atoms with Crippen molar-refractivity contribution in [3.63, 3.8) is 0 Å². The standard InChI is InChI=1S/C7H14N2O4/c1-5(8-7(11)12)4-6(10)9(2)13-3/h5,8H,4H2,1-3H3,(H,11,12). The molecule has 6 heteroatoms. The highest BCUT2D eigenvalue weighted by Gasteiger charge is 2.14. The van der Waals surface area contributed by atoms with E-state index in [0.717, 1.165) is 5.06 Å². The number of nitrogens with zero attached hydrogens (tertiary/aromatic N) is 1. The lowest BCUT2D eigenvalue weighted by Gasteiger charge is -2.16. The van der Waals surface area contributed by atoms with Crippen LogP contribution in [0.25, 0.3) is 0 Å². The molecule has 2 N–H and O–H groups in total. The van der Waals surface area contributed by atoms with Gasteiger partial charge in [-0.1, -0.05) is 0 Å². The van der Waals surface area contributed by atoms with E-state index >= 15 is 0 Å². The molecule has 0 aromatic rings. The fourth-order valence-electron chi connectivity index (χ4n) is 0.754. The van der Waals surface area contributed by atoms with Gasteiger partial charge in [-0.25, -0.2) is 9.86 Å². The monoisotopic (exact) mass is 190 g/mol. The zero-order chi connectivity index (χ0) is 10.4. The van der Waals surface area contributed by atoms with Crippen molar-refractivity contribution in [2.45, 2.75) is 19.4 Å². The lowest BCUT2D eigenvalue weighted by Crippen LogP contribution is -2.36. The van der Waals surface area contributed by atoms with Crippen molar-refractivity contribution in [1.82, 2.24) is 10.4 Å². The third-order valence-corrected chi connectivity index (χ3v) is 1.48. The molecule has 0 aliphatic heterocycles. The number of rotatable bonds is 4. The first kappa shape index (κ1) is 11.7. The first-order valence-electron chi connectivity index (χ1n) is 3.77. The van der Waals surface area contributed by atoms with Crippen molar-refractivity contribution in [3.05, 3.63) is 0 Å². The summed E-state index contributed by atoms with van der Waals surface area (Å²) in [6, 6.07) is -0.414. The Balaban J connectivity index is 3.84. The van der Waals surface area contributed by atoms with Crippen LogP contribution in [0.1, 0.15) is 13.3 Å². The van der Waals surface area contributed by atoms with Crippen LogP contribution >= 0.6 is 0 Å². The highest BCUT2D eigenvalue weighted by atomic mass is 16.7. The van der Waals surface area contributed by atoms with Gasteiger partial charge in [-0.05, 0) is 6.92 Å². The number of carbonyl (C=O) groups excluding carboxylic acids is 1. The molecule has 2 amide bonds. The fourth-order valence-corrected chi connectivity index (χ4v) is 0.754. The molecule has 0 aliphatic carbocycles. The molecular formula is C7H14N2O4. The zero-order valence-electron chi connectivity index (χ0n) is 7.90. The van der Waals surface area contributed by atoms with E-state index in [1.54, 1.807) is 6.92 Å². The summed E-state index contributed by atoms with van der Waals surface area (Å²) in [4.78, 5) is 25.9. The molecule has 76 valence electrons. The largest absolute Gasteiger partial charge is 0.465 e. The molecule has 0 aliphatic rings. The van der Waals surface area contributed by atoms with Crippen molar-refractivity contribution in [1.29, 1.82) is 0 Å². The summed E-state index contributed by atoms with van der Waals surface area (Å²) in [6.45, 7) is 1.61. The van der Waals surface area contributed by atoms with Gasteiger partial charge < -0.3 is 10.4 Å². The Hall–Kier alpha value is -1.30. The van der Waals surface area contributed by atoms with Gasteiger partial charge in [-0.15, -0.1) is 0 Å². The van der Waals surface area contributed by atoms with Crippen molar-refractivity contribution in [3.8, 4) is 0 Å². The molecule has 0 saturated heterocycles. The van der Waals surface area contributed by atoms with Crippen molar-refractivity contribution < 1.29 is 19.5 Å². The minimum absolute atomic E-state index is 0.0800. The van der Waals surface area contributed by atoms with Gasteiger partial charge in [-0.2, -0.15) is 0 Å². The third-order valence-electron chi connectivity index (χ3n) is 1.48. The summed E-state index contributed by atoms with van der Waals surface area (Å²) < 4.78 is 0. The lowest BCUT2D eigenvalue weighted by molar-refractivity contribution is -0.169. The van der Waals surface area contributed by atoms with Crippen LogP contribution in [0.15, 0.2) is 0 Å². The van der Waals surface area contributed by atoms with Crippen LogP contribution in [-0.4, -0.2) is 42.4 Å². The Morgan fingerprint density at radius 1 is 1.62 bits per heavy atom. The Morgan fingerprint density at radius 2 is 2.15 bits per heavy atom. The average molecular weight is 190 g/mol. The molecule has 0 rings (SSSR count). The lowest BCUT2D eigenvalue weighted by atomic mass is 10.2. The minimum Gasteiger partial charge on any atom is -0.465 e. The molecule has 0 aromatic heterocycles. The van der Waals surface area contributed by atoms with E-state index in [2.05, 4.69) is 10.2 Å². The van der Waals surface area contributed by atoms with Crippen molar-refractivity contribution >= 4 is 12.0 Å². The first-order valence-corrected chi connectivity index (χ1v) is 3.77. The molecule has 13 heavy (non-hydrogen) atoms. The summed E-state index contributed by atoms with van der Waals surface area (Å²) in [5, 5.41) is 11.5. The second-order valence-corrected chi connectivity index (χ2v) is 2.63. The van der Waals surface area contributed by atoms with Crippen LogP contribution in [0.5, 0.6) is 0 Å². The Kier molecular flexibility index (Phi) is 4.83. The predicted octanol–water partition coefficient (Wildman–Crippen LogP) is 0.0524. The molecule has 1 atom stereocenters. The van der Waals surface area contributed by atoms with E-state index in [-0.39, 0.29) is 12.3 Å². The Labute approximate surface area is 76.4 Å². The van der Waals surface area contributed by atoms with Gasteiger partial charge in [0.25, 0.3) is 0 Å². The summed E-state index contributed by atoms with van der Waals surface area (Å²) >= 11 is 0. The molecule has 0 fully saturated rings. The van der Waals surface area contributed by atoms with Gasteiger partial charge in [0.1, 0.15) is 0 Å². The van der Waals surface area contributed by atoms with Crippen molar-refractivity contribution in [2.75, 3.05) is 14.2 Å². The van der Waals surface area contributed by atoms with E-state index in [1.165, 1.54) is 14.2 Å². The number of amides is 2. The SMILES string of the molecule is CON(C)C(=O)CC(C)NC(=O)O. The molecule has 6 nitrogen and oxygen atoms in total. The zero-order valence-corrected chi connectivity index (χ0v) is 7.90. The van der Waals surface area contributed by atoms with Gasteiger partial charge in [-0.3, -0.25) is 9.63 Å². The average Bonchev–Trinajstić information content (AvgIpc) is 2.01. The smallest absolute Gasteiger partial charge is 0.404 e. The van der Waals surface area contributed by atoms with Crippen LogP contribution in [0, 0.1) is 0 Å². The van der Waals surface area contributed by atoms with E-state index in [4.69, 9.17) is 5.11 Å². The number of hydrogen-bond donors (Lipinski definition) is 2. The number of carboxylic acid groups (broad SMARTS) is 1. The summed E-state index contributed by atoms with van der Waals surface area (Å²) in [7, 11) is 2.84. The van der Waals surface area contributed by atoms with Crippen LogP contribution in [0.2, 0.25) is 0 Å². The molecule has 1 unspecified atom stereocenters. The van der Waals surface area contributed by atoms with Crippen molar-refractivity contribution in [2.24, 2.45) is 0 Å². The Morgan fingerprint density at radius 3 is 2.54 bits per heavy atom. The number of hydrogen-bond acceptors (Lipinski definition) is 3. The van der Waals surface area contributed by atoms with Gasteiger partial charge in [0.15, 0.2) is 0 Å². The normalized spacial score (nSPS) is 11.9. The van der Waals surface area contributed by atoms with Crippen LogP contribution in [0.4, 0.5) is 4.79 Å². The highest BCUT2D eigenvalue weighted by molar-refractivity contribution is 5.76. The summed E-state index contributed by atoms with van der Waals surface area (Å²) in [6.07, 6.45) is -1.06. The maximum absolute atomic E-state index is 11.1. The quantitative estimate of drug-likeness (QED) is 0.614. The molecule has 0 radical (unpaired) electrons. The number of hydroxylamine groups is 2. The maximum Gasteiger partial charge on any atom is 0.404 e. The molecule has 0 aromatic carbocycles. The second kappa shape index (κ2) is 5.36. The minimum atomic E-state index is -1.14. The third kappa shape index (κ3) is 5.02. The van der Waals surface area contributed by atoms with E-state index < -0.39 is 12.1 Å². The van der Waals surface area contributed by atoms with Gasteiger partial charge in [0.2, 0.25) is 5.91 Å². The molecule has 0 bridgehead atoms. The maximum atomic E-state index is 11.1. The summed E-state index contributed by atoms with van der Waals surface area (Å²) in [5.74, 6) is -0.274.